The van der Waals surface area contributed by atoms with E-state index in [4.69, 9.17) is 0 Å². The van der Waals surface area contributed by atoms with Gasteiger partial charge in [0.25, 0.3) is 0 Å². The molecule has 1 aliphatic rings. The molecule has 62 valence electrons. The number of hydrogen-bond donors (Lipinski definition) is 2. The van der Waals surface area contributed by atoms with Crippen LogP contribution in [-0.4, -0.2) is 5.50 Å². The van der Waals surface area contributed by atoms with Crippen LogP contribution in [0.3, 0.4) is 0 Å². The lowest BCUT2D eigenvalue weighted by Crippen LogP contribution is -2.24. The number of benzene rings is 1. The van der Waals surface area contributed by atoms with Crippen LogP contribution in [-0.2, 0) is 0 Å². The van der Waals surface area contributed by atoms with Gasteiger partial charge in [-0.3, -0.25) is 0 Å². The third-order valence-electron chi connectivity index (χ3n) is 1.59. The molecule has 0 saturated heterocycles. The second-order valence-electron chi connectivity index (χ2n) is 2.36. The maximum Gasteiger partial charge on any atom is 0.168 e. The van der Waals surface area contributed by atoms with Gasteiger partial charge in [0.05, 0.1) is 11.0 Å². The first-order chi connectivity index (χ1) is 5.90. The molecule has 0 bridgehead atoms. The first-order valence-corrected chi connectivity index (χ1v) is 4.38. The number of para-hydroxylation sites is 1. The average Bonchev–Trinajstić information content (AvgIpc) is 2.47. The van der Waals surface area contributed by atoms with Crippen LogP contribution in [0, 0.1) is 4.91 Å². The molecule has 1 atom stereocenters. The zero-order valence-electron chi connectivity index (χ0n) is 6.15. The maximum atomic E-state index is 9.90. The summed E-state index contributed by atoms with van der Waals surface area (Å²) in [6.07, 6.45) is 0. The molecule has 1 heterocycles. The molecular formula is C7H7N3OS. The van der Waals surface area contributed by atoms with Crippen LogP contribution in [0.1, 0.15) is 0 Å². The molecule has 0 fully saturated rings. The Bertz CT molecular complexity index is 279. The predicted molar refractivity (Wildman–Crippen MR) is 48.6 cm³/mol. The normalized spacial score (nSPS) is 19.5. The van der Waals surface area contributed by atoms with Crippen LogP contribution in [0.5, 0.6) is 0 Å². The van der Waals surface area contributed by atoms with E-state index in [0.717, 1.165) is 10.6 Å². The van der Waals surface area contributed by atoms with E-state index in [2.05, 4.69) is 16.0 Å². The van der Waals surface area contributed by atoms with Crippen molar-refractivity contribution >= 4 is 17.4 Å². The molecule has 2 N–H and O–H groups in total. The highest BCUT2D eigenvalue weighted by Gasteiger charge is 2.19. The monoisotopic (exact) mass is 181 g/mol. The smallest absolute Gasteiger partial charge is 0.168 e. The van der Waals surface area contributed by atoms with Crippen molar-refractivity contribution in [1.82, 2.24) is 5.43 Å². The third-order valence-corrected chi connectivity index (χ3v) is 2.66. The number of fused-ring (bicyclic) bond motifs is 1. The van der Waals surface area contributed by atoms with E-state index in [1.54, 1.807) is 11.8 Å². The Kier molecular flexibility index (Phi) is 1.87. The molecule has 0 aromatic heterocycles. The highest BCUT2D eigenvalue weighted by Crippen LogP contribution is 2.36. The van der Waals surface area contributed by atoms with Crippen LogP contribution in [0.4, 0.5) is 5.69 Å². The van der Waals surface area contributed by atoms with Crippen LogP contribution < -0.4 is 10.7 Å². The summed E-state index contributed by atoms with van der Waals surface area (Å²) in [6, 6.07) is 7.88. The number of nitroso groups, excluding NO2 is 1. The number of nitrogens with zero attached hydrogens (tertiary/aromatic N) is 1. The molecule has 1 aliphatic heterocycles. The second kappa shape index (κ2) is 3.02. The van der Waals surface area contributed by atoms with Gasteiger partial charge >= 0.3 is 0 Å². The number of hydrogen-bond acceptors (Lipinski definition) is 4. The van der Waals surface area contributed by atoms with E-state index >= 15 is 0 Å². The van der Waals surface area contributed by atoms with Gasteiger partial charge in [-0.2, -0.15) is 0 Å². The van der Waals surface area contributed by atoms with Crippen molar-refractivity contribution in [3.05, 3.63) is 29.2 Å². The Balaban J connectivity index is 2.16. The fourth-order valence-corrected chi connectivity index (χ4v) is 2.04. The van der Waals surface area contributed by atoms with E-state index in [1.807, 2.05) is 24.3 Å². The van der Waals surface area contributed by atoms with E-state index in [1.165, 1.54) is 0 Å². The number of thioether (sulfide) groups is 1. The van der Waals surface area contributed by atoms with Gasteiger partial charge < -0.3 is 5.32 Å². The Morgan fingerprint density at radius 3 is 3.08 bits per heavy atom. The van der Waals surface area contributed by atoms with Gasteiger partial charge in [0.15, 0.2) is 5.50 Å². The van der Waals surface area contributed by atoms with Crippen molar-refractivity contribution < 1.29 is 0 Å². The van der Waals surface area contributed by atoms with E-state index in [-0.39, 0.29) is 5.50 Å². The number of nitrogens with one attached hydrogen (secondary N) is 2. The minimum absolute atomic E-state index is 0.125. The number of rotatable bonds is 2. The van der Waals surface area contributed by atoms with E-state index < -0.39 is 0 Å². The van der Waals surface area contributed by atoms with Crippen molar-refractivity contribution in [1.29, 1.82) is 0 Å². The average molecular weight is 181 g/mol. The molecule has 4 nitrogen and oxygen atoms in total. The predicted octanol–water partition coefficient (Wildman–Crippen LogP) is 1.76. The summed E-state index contributed by atoms with van der Waals surface area (Å²) in [7, 11) is 0. The van der Waals surface area contributed by atoms with Gasteiger partial charge in [0.2, 0.25) is 0 Å². The minimum Gasteiger partial charge on any atom is -0.354 e. The molecule has 0 amide bonds. The third kappa shape index (κ3) is 1.23. The fourth-order valence-electron chi connectivity index (χ4n) is 1.09. The topological polar surface area (TPSA) is 53.5 Å². The standard InChI is InChI=1S/C7H7N3OS/c11-10-9-7-8-5-3-1-2-4-6(5)12-7/h1-4,7-8H,(H,9,11). The summed E-state index contributed by atoms with van der Waals surface area (Å²) >= 11 is 1.54. The van der Waals surface area contributed by atoms with Gasteiger partial charge in [-0.05, 0) is 12.1 Å². The Hall–Kier alpha value is -1.23. The van der Waals surface area contributed by atoms with Gasteiger partial charge in [-0.15, -0.1) is 4.91 Å². The highest BCUT2D eigenvalue weighted by molar-refractivity contribution is 8.00. The Morgan fingerprint density at radius 1 is 1.50 bits per heavy atom. The summed E-state index contributed by atoms with van der Waals surface area (Å²) in [5, 5.41) is 5.71. The quantitative estimate of drug-likeness (QED) is 0.539. The van der Waals surface area contributed by atoms with Crippen LogP contribution in [0.15, 0.2) is 34.4 Å². The number of anilines is 1. The van der Waals surface area contributed by atoms with Gasteiger partial charge in [-0.1, -0.05) is 23.9 Å². The lowest BCUT2D eigenvalue weighted by Gasteiger charge is -2.05. The molecule has 0 saturated carbocycles. The van der Waals surface area contributed by atoms with Crippen LogP contribution in [0.25, 0.3) is 0 Å². The van der Waals surface area contributed by atoms with Crippen molar-refractivity contribution in [3.8, 4) is 0 Å². The largest absolute Gasteiger partial charge is 0.354 e. The minimum atomic E-state index is -0.125. The molecule has 1 aromatic rings. The van der Waals surface area contributed by atoms with Crippen LogP contribution >= 0.6 is 11.8 Å². The van der Waals surface area contributed by atoms with Gasteiger partial charge in [0, 0.05) is 4.90 Å². The lowest BCUT2D eigenvalue weighted by molar-refractivity contribution is 0.746. The molecule has 12 heavy (non-hydrogen) atoms. The van der Waals surface area contributed by atoms with E-state index in [0.29, 0.717) is 0 Å². The lowest BCUT2D eigenvalue weighted by atomic mass is 10.3. The molecule has 0 spiro atoms. The summed E-state index contributed by atoms with van der Waals surface area (Å²) in [6.45, 7) is 0. The van der Waals surface area contributed by atoms with Crippen molar-refractivity contribution in [2.24, 2.45) is 5.29 Å². The molecule has 1 aromatic carbocycles. The SMILES string of the molecule is O=NNC1Nc2ccccc2S1. The Labute approximate surface area is 73.7 Å². The first kappa shape index (κ1) is 7.42. The molecule has 0 aliphatic carbocycles. The van der Waals surface area contributed by atoms with Gasteiger partial charge in [-0.25, -0.2) is 5.43 Å². The summed E-state index contributed by atoms with van der Waals surface area (Å²) in [5.41, 5.74) is 3.33. The zero-order valence-corrected chi connectivity index (χ0v) is 6.97. The van der Waals surface area contributed by atoms with Crippen molar-refractivity contribution in [2.45, 2.75) is 10.4 Å². The molecule has 2 rings (SSSR count). The first-order valence-electron chi connectivity index (χ1n) is 3.50. The summed E-state index contributed by atoms with van der Waals surface area (Å²) in [4.78, 5) is 11.0. The molecule has 1 unspecified atom stereocenters. The Morgan fingerprint density at radius 2 is 2.33 bits per heavy atom. The van der Waals surface area contributed by atoms with Gasteiger partial charge in [0.1, 0.15) is 0 Å². The van der Waals surface area contributed by atoms with Crippen molar-refractivity contribution in [2.75, 3.05) is 5.32 Å². The van der Waals surface area contributed by atoms with Crippen LogP contribution in [0.2, 0.25) is 0 Å². The van der Waals surface area contributed by atoms with Crippen molar-refractivity contribution in [3.63, 3.8) is 0 Å². The summed E-state index contributed by atoms with van der Waals surface area (Å²) in [5.74, 6) is 0. The maximum absolute atomic E-state index is 9.90. The molecule has 5 heteroatoms. The zero-order chi connectivity index (χ0) is 8.39. The molecule has 0 radical (unpaired) electrons. The second-order valence-corrected chi connectivity index (χ2v) is 3.51. The molecular weight excluding hydrogens is 174 g/mol. The van der Waals surface area contributed by atoms with E-state index in [9.17, 15) is 4.91 Å². The summed E-state index contributed by atoms with van der Waals surface area (Å²) < 4.78 is 0. The highest BCUT2D eigenvalue weighted by atomic mass is 32.2. The fraction of sp³-hybridized carbons (Fsp3) is 0.143.